The van der Waals surface area contributed by atoms with Gasteiger partial charge < -0.3 is 5.11 Å². The van der Waals surface area contributed by atoms with E-state index in [1.54, 1.807) is 0 Å². The van der Waals surface area contributed by atoms with Crippen LogP contribution in [0.4, 0.5) is 0 Å². The lowest BCUT2D eigenvalue weighted by atomic mass is 9.86. The van der Waals surface area contributed by atoms with Gasteiger partial charge in [-0.2, -0.15) is 0 Å². The van der Waals surface area contributed by atoms with Crippen LogP contribution in [0.25, 0.3) is 0 Å². The van der Waals surface area contributed by atoms with Gasteiger partial charge in [-0.05, 0) is 22.5 Å². The second-order valence-corrected chi connectivity index (χ2v) is 5.56. The molecule has 0 aliphatic heterocycles. The first-order chi connectivity index (χ1) is 6.82. The molecule has 1 atom stereocenters. The zero-order chi connectivity index (χ0) is 11.6. The van der Waals surface area contributed by atoms with Crippen LogP contribution in [-0.2, 0) is 5.41 Å². The van der Waals surface area contributed by atoms with Crippen molar-refractivity contribution in [2.45, 2.75) is 46.1 Å². The second-order valence-electron chi connectivity index (χ2n) is 5.56. The highest BCUT2D eigenvalue weighted by Crippen LogP contribution is 2.26. The van der Waals surface area contributed by atoms with Crippen molar-refractivity contribution in [3.05, 3.63) is 35.4 Å². The third-order valence-electron chi connectivity index (χ3n) is 2.75. The Bertz CT molecular complexity index is 303. The summed E-state index contributed by atoms with van der Waals surface area (Å²) < 4.78 is 0. The van der Waals surface area contributed by atoms with Crippen LogP contribution in [0.2, 0.25) is 0 Å². The van der Waals surface area contributed by atoms with Gasteiger partial charge in [0.1, 0.15) is 0 Å². The van der Waals surface area contributed by atoms with E-state index in [2.05, 4.69) is 32.9 Å². The number of aliphatic hydroxyl groups is 1. The number of rotatable bonds is 2. The topological polar surface area (TPSA) is 20.2 Å². The van der Waals surface area contributed by atoms with Crippen molar-refractivity contribution in [1.82, 2.24) is 0 Å². The zero-order valence-electron chi connectivity index (χ0n) is 10.4. The fourth-order valence-electron chi connectivity index (χ4n) is 1.57. The summed E-state index contributed by atoms with van der Waals surface area (Å²) in [5.41, 5.74) is 2.50. The van der Waals surface area contributed by atoms with E-state index >= 15 is 0 Å². The van der Waals surface area contributed by atoms with E-state index in [-0.39, 0.29) is 17.4 Å². The molecule has 0 aromatic heterocycles. The molecule has 15 heavy (non-hydrogen) atoms. The lowest BCUT2D eigenvalue weighted by molar-refractivity contribution is 0.127. The number of hydrogen-bond donors (Lipinski definition) is 1. The number of benzene rings is 1. The molecule has 1 rings (SSSR count). The van der Waals surface area contributed by atoms with Gasteiger partial charge in [-0.1, -0.05) is 58.9 Å². The maximum atomic E-state index is 9.89. The molecule has 0 heterocycles. The molecule has 0 saturated carbocycles. The Morgan fingerprint density at radius 3 is 1.80 bits per heavy atom. The van der Waals surface area contributed by atoms with Crippen LogP contribution in [-0.4, -0.2) is 5.11 Å². The van der Waals surface area contributed by atoms with Crippen molar-refractivity contribution in [2.75, 3.05) is 0 Å². The summed E-state index contributed by atoms with van der Waals surface area (Å²) in [6.45, 7) is 10.6. The van der Waals surface area contributed by atoms with Crippen LogP contribution < -0.4 is 0 Å². The molecule has 0 spiro atoms. The summed E-state index contributed by atoms with van der Waals surface area (Å²) in [6.07, 6.45) is -0.348. The van der Waals surface area contributed by atoms with Crippen molar-refractivity contribution < 1.29 is 5.11 Å². The fourth-order valence-corrected chi connectivity index (χ4v) is 1.57. The summed E-state index contributed by atoms with van der Waals surface area (Å²) in [4.78, 5) is 0. The third-order valence-corrected chi connectivity index (χ3v) is 2.75. The highest BCUT2D eigenvalue weighted by atomic mass is 16.3. The molecular weight excluding hydrogens is 184 g/mol. The average molecular weight is 206 g/mol. The molecule has 0 aliphatic rings. The van der Waals surface area contributed by atoms with Gasteiger partial charge in [0.15, 0.2) is 0 Å². The van der Waals surface area contributed by atoms with Crippen LogP contribution in [0.15, 0.2) is 24.3 Å². The molecule has 1 aromatic carbocycles. The van der Waals surface area contributed by atoms with E-state index in [4.69, 9.17) is 0 Å². The van der Waals surface area contributed by atoms with Gasteiger partial charge in [0.2, 0.25) is 0 Å². The lowest BCUT2D eigenvalue weighted by Gasteiger charge is -2.21. The van der Waals surface area contributed by atoms with E-state index in [0.717, 1.165) is 5.56 Å². The van der Waals surface area contributed by atoms with Crippen molar-refractivity contribution in [1.29, 1.82) is 0 Å². The van der Waals surface area contributed by atoms with Gasteiger partial charge in [-0.25, -0.2) is 0 Å². The average Bonchev–Trinajstić information content (AvgIpc) is 2.15. The molecule has 1 heteroatoms. The van der Waals surface area contributed by atoms with Gasteiger partial charge in [-0.3, -0.25) is 0 Å². The highest BCUT2D eigenvalue weighted by Gasteiger charge is 2.15. The number of hydrogen-bond acceptors (Lipinski definition) is 1. The van der Waals surface area contributed by atoms with E-state index in [1.165, 1.54) is 5.56 Å². The summed E-state index contributed by atoms with van der Waals surface area (Å²) in [5.74, 6) is 0.269. The van der Waals surface area contributed by atoms with E-state index < -0.39 is 0 Å². The molecule has 0 fully saturated rings. The van der Waals surface area contributed by atoms with Crippen LogP contribution >= 0.6 is 0 Å². The maximum absolute atomic E-state index is 9.89. The van der Waals surface area contributed by atoms with Crippen LogP contribution in [0, 0.1) is 5.92 Å². The second kappa shape index (κ2) is 4.36. The summed E-state index contributed by atoms with van der Waals surface area (Å²) >= 11 is 0. The molecule has 1 nitrogen and oxygen atoms in total. The molecule has 0 aliphatic carbocycles. The Kier molecular flexibility index (Phi) is 3.56. The van der Waals surface area contributed by atoms with E-state index in [9.17, 15) is 5.11 Å². The normalized spacial score (nSPS) is 14.3. The molecule has 0 radical (unpaired) electrons. The minimum absolute atomic E-state index is 0.182. The van der Waals surface area contributed by atoms with Gasteiger partial charge in [0.25, 0.3) is 0 Å². The standard InChI is InChI=1S/C14H22O/c1-10(2)13(15)11-6-8-12(9-7-11)14(3,4)5/h6-10,13,15H,1-5H3/t13-/m1/s1. The quantitative estimate of drug-likeness (QED) is 0.782. The Morgan fingerprint density at radius 1 is 1.00 bits per heavy atom. The molecule has 0 amide bonds. The first kappa shape index (κ1) is 12.3. The van der Waals surface area contributed by atoms with E-state index in [1.807, 2.05) is 26.0 Å². The van der Waals surface area contributed by atoms with Crippen molar-refractivity contribution in [2.24, 2.45) is 5.92 Å². The summed E-state index contributed by atoms with van der Waals surface area (Å²) in [5, 5.41) is 9.89. The van der Waals surface area contributed by atoms with Crippen molar-refractivity contribution in [3.8, 4) is 0 Å². The van der Waals surface area contributed by atoms with Gasteiger partial charge in [-0.15, -0.1) is 0 Å². The Hall–Kier alpha value is -0.820. The Balaban J connectivity index is 2.91. The number of aliphatic hydroxyl groups excluding tert-OH is 1. The molecule has 84 valence electrons. The summed E-state index contributed by atoms with van der Waals surface area (Å²) in [7, 11) is 0. The zero-order valence-corrected chi connectivity index (χ0v) is 10.4. The summed E-state index contributed by atoms with van der Waals surface area (Å²) in [6, 6.07) is 8.29. The monoisotopic (exact) mass is 206 g/mol. The van der Waals surface area contributed by atoms with Crippen LogP contribution in [0.1, 0.15) is 51.8 Å². The molecule has 0 saturated heterocycles. The third kappa shape index (κ3) is 3.07. The van der Waals surface area contributed by atoms with Crippen molar-refractivity contribution in [3.63, 3.8) is 0 Å². The minimum atomic E-state index is -0.348. The molecule has 0 bridgehead atoms. The molecule has 1 N–H and O–H groups in total. The SMILES string of the molecule is CC(C)[C@@H](O)c1ccc(C(C)(C)C)cc1. The molecule has 1 aromatic rings. The molecule has 0 unspecified atom stereocenters. The van der Waals surface area contributed by atoms with Gasteiger partial charge in [0.05, 0.1) is 6.10 Å². The fraction of sp³-hybridized carbons (Fsp3) is 0.571. The van der Waals surface area contributed by atoms with Gasteiger partial charge >= 0.3 is 0 Å². The smallest absolute Gasteiger partial charge is 0.0812 e. The Morgan fingerprint density at radius 2 is 1.47 bits per heavy atom. The predicted octanol–water partition coefficient (Wildman–Crippen LogP) is 3.67. The van der Waals surface area contributed by atoms with Gasteiger partial charge in [0, 0.05) is 0 Å². The Labute approximate surface area is 93.1 Å². The first-order valence-corrected chi connectivity index (χ1v) is 5.61. The first-order valence-electron chi connectivity index (χ1n) is 5.61. The lowest BCUT2D eigenvalue weighted by Crippen LogP contribution is -2.11. The van der Waals surface area contributed by atoms with E-state index in [0.29, 0.717) is 0 Å². The predicted molar refractivity (Wildman–Crippen MR) is 64.9 cm³/mol. The van der Waals surface area contributed by atoms with Crippen LogP contribution in [0.5, 0.6) is 0 Å². The largest absolute Gasteiger partial charge is 0.388 e. The van der Waals surface area contributed by atoms with Crippen molar-refractivity contribution >= 4 is 0 Å². The maximum Gasteiger partial charge on any atom is 0.0812 e. The molecular formula is C14H22O. The minimum Gasteiger partial charge on any atom is -0.388 e. The highest BCUT2D eigenvalue weighted by molar-refractivity contribution is 5.28. The van der Waals surface area contributed by atoms with Crippen LogP contribution in [0.3, 0.4) is 0 Å².